The second kappa shape index (κ2) is 7.67. The lowest BCUT2D eigenvalue weighted by Crippen LogP contribution is -2.43. The highest BCUT2D eigenvalue weighted by Crippen LogP contribution is 2.16. The number of esters is 1. The molecule has 4 heteroatoms. The molecule has 17 heavy (non-hydrogen) atoms. The molecule has 1 aliphatic heterocycles. The van der Waals surface area contributed by atoms with Crippen LogP contribution in [0.25, 0.3) is 0 Å². The van der Waals surface area contributed by atoms with Crippen LogP contribution in [0.2, 0.25) is 0 Å². The Bertz CT molecular complexity index is 233. The Morgan fingerprint density at radius 2 is 2.29 bits per heavy atom. The first-order valence-electron chi connectivity index (χ1n) is 6.69. The molecule has 0 radical (unpaired) electrons. The molecule has 0 spiro atoms. The SMILES string of the molecule is CCCCOC(=O)CCN1CCC(C)C(O)C1. The van der Waals surface area contributed by atoms with E-state index in [-0.39, 0.29) is 12.1 Å². The smallest absolute Gasteiger partial charge is 0.307 e. The number of hydrogen-bond acceptors (Lipinski definition) is 4. The summed E-state index contributed by atoms with van der Waals surface area (Å²) in [5, 5.41) is 9.73. The molecule has 0 aliphatic carbocycles. The van der Waals surface area contributed by atoms with Gasteiger partial charge in [-0.25, -0.2) is 0 Å². The van der Waals surface area contributed by atoms with Crippen molar-refractivity contribution in [3.63, 3.8) is 0 Å². The summed E-state index contributed by atoms with van der Waals surface area (Å²) in [5.41, 5.74) is 0. The Labute approximate surface area is 104 Å². The minimum Gasteiger partial charge on any atom is -0.466 e. The predicted octanol–water partition coefficient (Wildman–Crippen LogP) is 1.42. The van der Waals surface area contributed by atoms with Gasteiger partial charge in [0, 0.05) is 13.1 Å². The maximum absolute atomic E-state index is 11.4. The number of carbonyl (C=O) groups is 1. The first-order valence-corrected chi connectivity index (χ1v) is 6.69. The zero-order chi connectivity index (χ0) is 12.7. The summed E-state index contributed by atoms with van der Waals surface area (Å²) < 4.78 is 5.09. The Balaban J connectivity index is 2.11. The fraction of sp³-hybridized carbons (Fsp3) is 0.923. The van der Waals surface area contributed by atoms with Gasteiger partial charge in [-0.05, 0) is 25.3 Å². The molecule has 2 unspecified atom stereocenters. The number of likely N-dealkylation sites (tertiary alicyclic amines) is 1. The maximum Gasteiger partial charge on any atom is 0.307 e. The minimum atomic E-state index is -0.250. The molecule has 0 saturated carbocycles. The molecule has 0 amide bonds. The lowest BCUT2D eigenvalue weighted by atomic mass is 9.96. The average molecular weight is 243 g/mol. The van der Waals surface area contributed by atoms with E-state index in [9.17, 15) is 9.90 Å². The van der Waals surface area contributed by atoms with Gasteiger partial charge in [-0.3, -0.25) is 4.79 Å². The predicted molar refractivity (Wildman–Crippen MR) is 66.7 cm³/mol. The van der Waals surface area contributed by atoms with Crippen molar-refractivity contribution in [3.05, 3.63) is 0 Å². The van der Waals surface area contributed by atoms with E-state index in [1.165, 1.54) is 0 Å². The van der Waals surface area contributed by atoms with Gasteiger partial charge in [-0.1, -0.05) is 20.3 Å². The highest BCUT2D eigenvalue weighted by Gasteiger charge is 2.24. The van der Waals surface area contributed by atoms with Crippen molar-refractivity contribution < 1.29 is 14.6 Å². The molecule has 0 aromatic rings. The van der Waals surface area contributed by atoms with Crippen molar-refractivity contribution in [2.45, 2.75) is 45.6 Å². The van der Waals surface area contributed by atoms with Crippen LogP contribution < -0.4 is 0 Å². The van der Waals surface area contributed by atoms with E-state index < -0.39 is 0 Å². The second-order valence-electron chi connectivity index (χ2n) is 4.96. The van der Waals surface area contributed by atoms with Crippen molar-refractivity contribution in [3.8, 4) is 0 Å². The first-order chi connectivity index (χ1) is 8.13. The van der Waals surface area contributed by atoms with Crippen molar-refractivity contribution in [1.29, 1.82) is 0 Å². The van der Waals surface area contributed by atoms with Crippen molar-refractivity contribution in [2.75, 3.05) is 26.2 Å². The Morgan fingerprint density at radius 3 is 2.94 bits per heavy atom. The summed E-state index contributed by atoms with van der Waals surface area (Å²) in [5.74, 6) is 0.259. The lowest BCUT2D eigenvalue weighted by Gasteiger charge is -2.33. The highest BCUT2D eigenvalue weighted by atomic mass is 16.5. The zero-order valence-corrected chi connectivity index (χ0v) is 11.0. The summed E-state index contributed by atoms with van der Waals surface area (Å²) in [6.07, 6.45) is 3.17. The molecule has 0 aromatic carbocycles. The van der Waals surface area contributed by atoms with Crippen molar-refractivity contribution >= 4 is 5.97 Å². The molecule has 1 N–H and O–H groups in total. The molecule has 1 fully saturated rings. The number of ether oxygens (including phenoxy) is 1. The Morgan fingerprint density at radius 1 is 1.53 bits per heavy atom. The van der Waals surface area contributed by atoms with E-state index in [1.54, 1.807) is 0 Å². The van der Waals surface area contributed by atoms with Gasteiger partial charge >= 0.3 is 5.97 Å². The molecule has 0 bridgehead atoms. The fourth-order valence-corrected chi connectivity index (χ4v) is 1.97. The number of β-amino-alcohol motifs (C(OH)–C–C–N with tert-alkyl or cyclic N) is 1. The fourth-order valence-electron chi connectivity index (χ4n) is 1.97. The van der Waals surface area contributed by atoms with Crippen LogP contribution in [0.15, 0.2) is 0 Å². The number of nitrogens with zero attached hydrogens (tertiary/aromatic N) is 1. The van der Waals surface area contributed by atoms with Gasteiger partial charge in [0.15, 0.2) is 0 Å². The quantitative estimate of drug-likeness (QED) is 0.566. The zero-order valence-electron chi connectivity index (χ0n) is 11.0. The maximum atomic E-state index is 11.4. The number of rotatable bonds is 6. The molecular weight excluding hydrogens is 218 g/mol. The Hall–Kier alpha value is -0.610. The average Bonchev–Trinajstić information content (AvgIpc) is 2.31. The van der Waals surface area contributed by atoms with E-state index in [2.05, 4.69) is 18.7 Å². The van der Waals surface area contributed by atoms with Crippen LogP contribution in [0.3, 0.4) is 0 Å². The van der Waals surface area contributed by atoms with Gasteiger partial charge in [0.05, 0.1) is 19.1 Å². The van der Waals surface area contributed by atoms with E-state index in [1.807, 2.05) is 0 Å². The molecule has 100 valence electrons. The van der Waals surface area contributed by atoms with Gasteiger partial charge in [0.1, 0.15) is 0 Å². The number of carbonyl (C=O) groups excluding carboxylic acids is 1. The van der Waals surface area contributed by atoms with Crippen LogP contribution in [0.4, 0.5) is 0 Å². The van der Waals surface area contributed by atoms with E-state index in [0.29, 0.717) is 32.0 Å². The third kappa shape index (κ3) is 5.50. The van der Waals surface area contributed by atoms with Crippen LogP contribution in [-0.2, 0) is 9.53 Å². The van der Waals surface area contributed by atoms with E-state index >= 15 is 0 Å². The molecular formula is C13H25NO3. The van der Waals surface area contributed by atoms with E-state index in [0.717, 1.165) is 25.8 Å². The first kappa shape index (κ1) is 14.5. The van der Waals surface area contributed by atoms with Crippen molar-refractivity contribution in [2.24, 2.45) is 5.92 Å². The molecule has 1 saturated heterocycles. The number of piperidine rings is 1. The van der Waals surface area contributed by atoms with Gasteiger partial charge < -0.3 is 14.7 Å². The molecule has 4 nitrogen and oxygen atoms in total. The van der Waals surface area contributed by atoms with Crippen LogP contribution in [0.1, 0.15) is 39.5 Å². The topological polar surface area (TPSA) is 49.8 Å². The summed E-state index contributed by atoms with van der Waals surface area (Å²) in [4.78, 5) is 13.5. The van der Waals surface area contributed by atoms with Gasteiger partial charge in [0.2, 0.25) is 0 Å². The standard InChI is InChI=1S/C13H25NO3/c1-3-4-9-17-13(16)6-8-14-7-5-11(2)12(15)10-14/h11-12,15H,3-10H2,1-2H3. The number of aliphatic hydroxyl groups excluding tert-OH is 1. The molecule has 1 rings (SSSR count). The third-order valence-electron chi connectivity index (χ3n) is 3.40. The van der Waals surface area contributed by atoms with Crippen LogP contribution in [-0.4, -0.2) is 48.3 Å². The molecule has 1 heterocycles. The van der Waals surface area contributed by atoms with Crippen LogP contribution in [0.5, 0.6) is 0 Å². The van der Waals surface area contributed by atoms with Gasteiger partial charge in [-0.2, -0.15) is 0 Å². The van der Waals surface area contributed by atoms with Gasteiger partial charge in [0.25, 0.3) is 0 Å². The van der Waals surface area contributed by atoms with Gasteiger partial charge in [-0.15, -0.1) is 0 Å². The summed E-state index contributed by atoms with van der Waals surface area (Å²) >= 11 is 0. The number of aliphatic hydroxyl groups is 1. The summed E-state index contributed by atoms with van der Waals surface area (Å²) in [7, 11) is 0. The second-order valence-corrected chi connectivity index (χ2v) is 4.96. The summed E-state index contributed by atoms with van der Waals surface area (Å²) in [6, 6.07) is 0. The van der Waals surface area contributed by atoms with E-state index in [4.69, 9.17) is 4.74 Å². The number of unbranched alkanes of at least 4 members (excludes halogenated alkanes) is 1. The highest BCUT2D eigenvalue weighted by molar-refractivity contribution is 5.69. The lowest BCUT2D eigenvalue weighted by molar-refractivity contribution is -0.144. The Kier molecular flexibility index (Phi) is 6.52. The normalized spacial score (nSPS) is 25.8. The minimum absolute atomic E-state index is 0.119. The largest absolute Gasteiger partial charge is 0.466 e. The summed E-state index contributed by atoms with van der Waals surface area (Å²) in [6.45, 7) is 7.04. The van der Waals surface area contributed by atoms with Crippen molar-refractivity contribution in [1.82, 2.24) is 4.90 Å². The molecule has 0 aromatic heterocycles. The molecule has 1 aliphatic rings. The van der Waals surface area contributed by atoms with Crippen LogP contribution in [0, 0.1) is 5.92 Å². The van der Waals surface area contributed by atoms with Crippen LogP contribution >= 0.6 is 0 Å². The number of hydrogen-bond donors (Lipinski definition) is 1. The third-order valence-corrected chi connectivity index (χ3v) is 3.40. The molecule has 2 atom stereocenters. The monoisotopic (exact) mass is 243 g/mol.